The van der Waals surface area contributed by atoms with Crippen molar-refractivity contribution in [2.75, 3.05) is 13.7 Å². The Balaban J connectivity index is 1.89. The van der Waals surface area contributed by atoms with E-state index in [-0.39, 0.29) is 11.8 Å². The van der Waals surface area contributed by atoms with Gasteiger partial charge in [-0.1, -0.05) is 55.5 Å². The predicted octanol–water partition coefficient (Wildman–Crippen LogP) is 3.63. The Hall–Kier alpha value is -2.55. The second-order valence-electron chi connectivity index (χ2n) is 5.13. The molecular weight excluding hydrogens is 274 g/mol. The van der Waals surface area contributed by atoms with Crippen LogP contribution in [0.1, 0.15) is 24.0 Å². The molecule has 1 atom stereocenters. The van der Waals surface area contributed by atoms with E-state index in [0.717, 1.165) is 11.3 Å². The third-order valence-electron chi connectivity index (χ3n) is 3.50. The van der Waals surface area contributed by atoms with Crippen molar-refractivity contribution in [3.05, 3.63) is 71.8 Å². The fraction of sp³-hybridized carbons (Fsp3) is 0.211. The van der Waals surface area contributed by atoms with E-state index in [0.29, 0.717) is 6.54 Å². The van der Waals surface area contributed by atoms with Crippen LogP contribution in [0.5, 0.6) is 5.75 Å². The van der Waals surface area contributed by atoms with Crippen LogP contribution in [0.15, 0.2) is 60.7 Å². The normalized spacial score (nSPS) is 12.1. The van der Waals surface area contributed by atoms with E-state index < -0.39 is 0 Å². The van der Waals surface area contributed by atoms with E-state index in [1.165, 1.54) is 11.6 Å². The van der Waals surface area contributed by atoms with Crippen LogP contribution in [0, 0.1) is 0 Å². The van der Waals surface area contributed by atoms with Gasteiger partial charge in [-0.05, 0) is 23.6 Å². The smallest absolute Gasteiger partial charge is 0.244 e. The Morgan fingerprint density at radius 2 is 1.82 bits per heavy atom. The molecule has 0 aliphatic carbocycles. The molecule has 0 aromatic heterocycles. The molecule has 0 bridgehead atoms. The molecule has 0 aliphatic heterocycles. The second-order valence-corrected chi connectivity index (χ2v) is 5.13. The zero-order valence-corrected chi connectivity index (χ0v) is 13.0. The van der Waals surface area contributed by atoms with Crippen LogP contribution < -0.4 is 10.1 Å². The molecule has 0 aliphatic rings. The maximum absolute atomic E-state index is 11.9. The van der Waals surface area contributed by atoms with Gasteiger partial charge in [-0.25, -0.2) is 0 Å². The molecule has 2 aromatic carbocycles. The van der Waals surface area contributed by atoms with E-state index >= 15 is 0 Å². The average Bonchev–Trinajstić information content (AvgIpc) is 2.58. The Labute approximate surface area is 131 Å². The molecule has 0 spiro atoms. The summed E-state index contributed by atoms with van der Waals surface area (Å²) < 4.78 is 5.25. The lowest BCUT2D eigenvalue weighted by Gasteiger charge is -2.12. The number of carbonyl (C=O) groups excluding carboxylic acids is 1. The van der Waals surface area contributed by atoms with Gasteiger partial charge in [-0.15, -0.1) is 0 Å². The summed E-state index contributed by atoms with van der Waals surface area (Å²) in [6.45, 7) is 2.71. The van der Waals surface area contributed by atoms with Crippen LogP contribution in [0.25, 0.3) is 6.08 Å². The van der Waals surface area contributed by atoms with Gasteiger partial charge >= 0.3 is 0 Å². The summed E-state index contributed by atoms with van der Waals surface area (Å²) in [6.07, 6.45) is 3.30. The van der Waals surface area contributed by atoms with Crippen molar-refractivity contribution in [2.45, 2.75) is 12.8 Å². The Kier molecular flexibility index (Phi) is 5.78. The number of para-hydroxylation sites is 1. The first kappa shape index (κ1) is 15.8. The number of benzene rings is 2. The SMILES string of the molecule is COc1ccccc1/C=C/C(=O)NC[C@H](C)c1ccccc1. The number of hydrogen-bond acceptors (Lipinski definition) is 2. The molecule has 1 N–H and O–H groups in total. The first-order chi connectivity index (χ1) is 10.7. The van der Waals surface area contributed by atoms with Crippen molar-refractivity contribution < 1.29 is 9.53 Å². The molecule has 1 amide bonds. The van der Waals surface area contributed by atoms with Gasteiger partial charge in [0.15, 0.2) is 0 Å². The molecule has 0 saturated heterocycles. The minimum atomic E-state index is -0.103. The Bertz CT molecular complexity index is 635. The number of carbonyl (C=O) groups is 1. The standard InChI is InChI=1S/C19H21NO2/c1-15(16-8-4-3-5-9-16)14-20-19(21)13-12-17-10-6-7-11-18(17)22-2/h3-13,15H,14H2,1-2H3,(H,20,21)/b13-12+/t15-/m0/s1. The maximum atomic E-state index is 11.9. The van der Waals surface area contributed by atoms with Crippen LogP contribution >= 0.6 is 0 Å². The Morgan fingerprint density at radius 1 is 1.14 bits per heavy atom. The largest absolute Gasteiger partial charge is 0.496 e. The molecule has 2 rings (SSSR count). The molecule has 0 fully saturated rings. The van der Waals surface area contributed by atoms with E-state index in [4.69, 9.17) is 4.74 Å². The summed E-state index contributed by atoms with van der Waals surface area (Å²) in [6, 6.07) is 17.7. The average molecular weight is 295 g/mol. The van der Waals surface area contributed by atoms with Crippen molar-refractivity contribution >= 4 is 12.0 Å². The molecule has 0 radical (unpaired) electrons. The van der Waals surface area contributed by atoms with Crippen LogP contribution in [0.4, 0.5) is 0 Å². The summed E-state index contributed by atoms with van der Waals surface area (Å²) in [5.41, 5.74) is 2.10. The van der Waals surface area contributed by atoms with Gasteiger partial charge in [0.1, 0.15) is 5.75 Å². The van der Waals surface area contributed by atoms with E-state index in [2.05, 4.69) is 24.4 Å². The zero-order chi connectivity index (χ0) is 15.8. The predicted molar refractivity (Wildman–Crippen MR) is 89.9 cm³/mol. The van der Waals surface area contributed by atoms with Gasteiger partial charge < -0.3 is 10.1 Å². The molecule has 3 nitrogen and oxygen atoms in total. The number of amides is 1. The summed E-state index contributed by atoms with van der Waals surface area (Å²) in [5.74, 6) is 0.933. The number of methoxy groups -OCH3 is 1. The van der Waals surface area contributed by atoms with E-state index in [1.807, 2.05) is 42.5 Å². The van der Waals surface area contributed by atoms with Crippen LogP contribution in [0.3, 0.4) is 0 Å². The zero-order valence-electron chi connectivity index (χ0n) is 13.0. The number of hydrogen-bond donors (Lipinski definition) is 1. The lowest BCUT2D eigenvalue weighted by atomic mass is 10.0. The molecule has 2 aromatic rings. The summed E-state index contributed by atoms with van der Waals surface area (Å²) >= 11 is 0. The minimum absolute atomic E-state index is 0.103. The topological polar surface area (TPSA) is 38.3 Å². The molecule has 0 saturated carbocycles. The lowest BCUT2D eigenvalue weighted by molar-refractivity contribution is -0.116. The van der Waals surface area contributed by atoms with Crippen LogP contribution in [-0.2, 0) is 4.79 Å². The molecule has 22 heavy (non-hydrogen) atoms. The van der Waals surface area contributed by atoms with Crippen molar-refractivity contribution in [3.8, 4) is 5.75 Å². The maximum Gasteiger partial charge on any atom is 0.244 e. The van der Waals surface area contributed by atoms with Gasteiger partial charge in [0, 0.05) is 18.2 Å². The fourth-order valence-electron chi connectivity index (χ4n) is 2.18. The fourth-order valence-corrected chi connectivity index (χ4v) is 2.18. The molecule has 3 heteroatoms. The van der Waals surface area contributed by atoms with Crippen molar-refractivity contribution in [3.63, 3.8) is 0 Å². The second kappa shape index (κ2) is 8.03. The van der Waals surface area contributed by atoms with E-state index in [1.54, 1.807) is 13.2 Å². The number of rotatable bonds is 6. The minimum Gasteiger partial charge on any atom is -0.496 e. The van der Waals surface area contributed by atoms with Gasteiger partial charge in [-0.3, -0.25) is 4.79 Å². The molecule has 0 heterocycles. The first-order valence-electron chi connectivity index (χ1n) is 7.34. The third-order valence-corrected chi connectivity index (χ3v) is 3.50. The summed E-state index contributed by atoms with van der Waals surface area (Å²) in [7, 11) is 1.62. The van der Waals surface area contributed by atoms with Crippen LogP contribution in [0.2, 0.25) is 0 Å². The highest BCUT2D eigenvalue weighted by Gasteiger charge is 2.06. The lowest BCUT2D eigenvalue weighted by Crippen LogP contribution is -2.25. The molecule has 0 unspecified atom stereocenters. The van der Waals surface area contributed by atoms with Gasteiger partial charge in [0.05, 0.1) is 7.11 Å². The number of ether oxygens (including phenoxy) is 1. The highest BCUT2D eigenvalue weighted by Crippen LogP contribution is 2.18. The third kappa shape index (κ3) is 4.48. The number of nitrogens with one attached hydrogen (secondary N) is 1. The van der Waals surface area contributed by atoms with Crippen LogP contribution in [-0.4, -0.2) is 19.6 Å². The highest BCUT2D eigenvalue weighted by molar-refractivity contribution is 5.92. The van der Waals surface area contributed by atoms with Crippen molar-refractivity contribution in [1.29, 1.82) is 0 Å². The van der Waals surface area contributed by atoms with Gasteiger partial charge in [0.25, 0.3) is 0 Å². The van der Waals surface area contributed by atoms with Crippen molar-refractivity contribution in [1.82, 2.24) is 5.32 Å². The molecule has 114 valence electrons. The highest BCUT2D eigenvalue weighted by atomic mass is 16.5. The Morgan fingerprint density at radius 3 is 2.55 bits per heavy atom. The van der Waals surface area contributed by atoms with E-state index in [9.17, 15) is 4.79 Å². The monoisotopic (exact) mass is 295 g/mol. The van der Waals surface area contributed by atoms with Gasteiger partial charge in [-0.2, -0.15) is 0 Å². The first-order valence-corrected chi connectivity index (χ1v) is 7.34. The summed E-state index contributed by atoms with van der Waals surface area (Å²) in [4.78, 5) is 11.9. The summed E-state index contributed by atoms with van der Waals surface area (Å²) in [5, 5.41) is 2.92. The quantitative estimate of drug-likeness (QED) is 0.826. The van der Waals surface area contributed by atoms with Crippen molar-refractivity contribution in [2.24, 2.45) is 0 Å². The molecular formula is C19H21NO2. The van der Waals surface area contributed by atoms with Gasteiger partial charge in [0.2, 0.25) is 5.91 Å².